The van der Waals surface area contributed by atoms with Crippen molar-refractivity contribution in [2.45, 2.75) is 6.61 Å². The molecule has 2 aromatic rings. The number of aromatic nitrogens is 1. The highest BCUT2D eigenvalue weighted by Crippen LogP contribution is 2.24. The van der Waals surface area contributed by atoms with Gasteiger partial charge in [0.25, 0.3) is 5.69 Å². The molecule has 0 aliphatic rings. The number of nitrogens with one attached hydrogen (secondary N) is 1. The number of nitro benzene ring substituents is 1. The lowest BCUT2D eigenvalue weighted by Gasteiger charge is -2.09. The summed E-state index contributed by atoms with van der Waals surface area (Å²) >= 11 is 5.97. The average molecular weight is 312 g/mol. The summed E-state index contributed by atoms with van der Waals surface area (Å²) in [5.41, 5.74) is 0.0921. The van der Waals surface area contributed by atoms with E-state index < -0.39 is 10.7 Å². The fourth-order valence-corrected chi connectivity index (χ4v) is 1.75. The molecule has 2 rings (SSSR count). The Kier molecular flexibility index (Phi) is 4.54. The van der Waals surface area contributed by atoms with Gasteiger partial charge in [0.15, 0.2) is 11.6 Å². The molecule has 1 heterocycles. The summed E-state index contributed by atoms with van der Waals surface area (Å²) in [6.45, 7) is -0.0525. The molecule has 0 spiro atoms. The first-order valence-corrected chi connectivity index (χ1v) is 6.29. The number of nitrogens with zero attached hydrogens (tertiary/aromatic N) is 2. The molecule has 0 amide bonds. The zero-order chi connectivity index (χ0) is 15.4. The van der Waals surface area contributed by atoms with E-state index in [4.69, 9.17) is 16.3 Å². The largest absolute Gasteiger partial charge is 0.484 e. The van der Waals surface area contributed by atoms with Gasteiger partial charge in [0, 0.05) is 13.1 Å². The minimum Gasteiger partial charge on any atom is -0.484 e. The molecule has 0 aliphatic carbocycles. The Morgan fingerprint density at radius 1 is 1.43 bits per heavy atom. The number of non-ortho nitro benzene ring substituents is 1. The van der Waals surface area contributed by atoms with E-state index in [2.05, 4.69) is 10.3 Å². The third kappa shape index (κ3) is 3.57. The summed E-state index contributed by atoms with van der Waals surface area (Å²) in [5, 5.41) is 13.8. The van der Waals surface area contributed by atoms with Crippen LogP contribution in [0.15, 0.2) is 30.3 Å². The second kappa shape index (κ2) is 6.36. The number of hydrogen-bond acceptors (Lipinski definition) is 5. The molecule has 1 N–H and O–H groups in total. The van der Waals surface area contributed by atoms with Gasteiger partial charge in [0.05, 0.1) is 21.7 Å². The van der Waals surface area contributed by atoms with Crippen molar-refractivity contribution < 1.29 is 14.1 Å². The molecule has 0 radical (unpaired) electrons. The first-order chi connectivity index (χ1) is 10.0. The third-order valence-electron chi connectivity index (χ3n) is 2.67. The minimum absolute atomic E-state index is 0.0525. The van der Waals surface area contributed by atoms with Crippen molar-refractivity contribution in [1.29, 1.82) is 0 Å². The topological polar surface area (TPSA) is 77.3 Å². The van der Waals surface area contributed by atoms with E-state index in [1.54, 1.807) is 19.2 Å². The molecule has 6 nitrogen and oxygen atoms in total. The maximum atomic E-state index is 13.7. The fraction of sp³-hybridized carbons (Fsp3) is 0.154. The molecule has 0 saturated carbocycles. The third-order valence-corrected chi connectivity index (χ3v) is 3.01. The van der Waals surface area contributed by atoms with Gasteiger partial charge >= 0.3 is 0 Å². The summed E-state index contributed by atoms with van der Waals surface area (Å²) < 4.78 is 18.9. The predicted molar refractivity (Wildman–Crippen MR) is 76.2 cm³/mol. The summed E-state index contributed by atoms with van der Waals surface area (Å²) in [4.78, 5) is 14.0. The minimum atomic E-state index is -0.815. The van der Waals surface area contributed by atoms with E-state index in [0.717, 1.165) is 12.1 Å². The molecule has 1 aromatic heterocycles. The molecule has 0 saturated heterocycles. The SMILES string of the molecule is CNc1ccc(Cl)c(COc2ccc([N+](=O)[O-])cc2F)n1. The molecule has 0 atom stereocenters. The molecule has 0 fully saturated rings. The van der Waals surface area contributed by atoms with Crippen LogP contribution in [-0.2, 0) is 6.61 Å². The van der Waals surface area contributed by atoms with Crippen LogP contribution in [0.5, 0.6) is 5.75 Å². The first kappa shape index (κ1) is 15.0. The van der Waals surface area contributed by atoms with Gasteiger partial charge in [-0.3, -0.25) is 10.1 Å². The number of anilines is 1. The van der Waals surface area contributed by atoms with Gasteiger partial charge in [-0.2, -0.15) is 0 Å². The second-order valence-electron chi connectivity index (χ2n) is 4.04. The van der Waals surface area contributed by atoms with Crippen LogP contribution in [0.3, 0.4) is 0 Å². The van der Waals surface area contributed by atoms with Gasteiger partial charge in [-0.25, -0.2) is 9.37 Å². The van der Waals surface area contributed by atoms with Gasteiger partial charge in [-0.15, -0.1) is 0 Å². The smallest absolute Gasteiger partial charge is 0.272 e. The summed E-state index contributed by atoms with van der Waals surface area (Å²) in [7, 11) is 1.71. The van der Waals surface area contributed by atoms with E-state index in [1.807, 2.05) is 0 Å². The molecular weight excluding hydrogens is 301 g/mol. The number of rotatable bonds is 5. The fourth-order valence-electron chi connectivity index (χ4n) is 1.59. The van der Waals surface area contributed by atoms with Gasteiger partial charge in [0.2, 0.25) is 0 Å². The van der Waals surface area contributed by atoms with E-state index in [9.17, 15) is 14.5 Å². The van der Waals surface area contributed by atoms with Crippen molar-refractivity contribution in [2.75, 3.05) is 12.4 Å². The van der Waals surface area contributed by atoms with E-state index in [1.165, 1.54) is 6.07 Å². The molecule has 110 valence electrons. The Morgan fingerprint density at radius 3 is 2.81 bits per heavy atom. The zero-order valence-electron chi connectivity index (χ0n) is 11.0. The molecular formula is C13H11ClFN3O3. The summed E-state index contributed by atoms with van der Waals surface area (Å²) in [5.74, 6) is -0.319. The van der Waals surface area contributed by atoms with Gasteiger partial charge in [-0.1, -0.05) is 11.6 Å². The van der Waals surface area contributed by atoms with Gasteiger partial charge in [-0.05, 0) is 18.2 Å². The van der Waals surface area contributed by atoms with Crippen molar-refractivity contribution in [3.63, 3.8) is 0 Å². The predicted octanol–water partition coefficient (Wildman–Crippen LogP) is 3.40. The van der Waals surface area contributed by atoms with Crippen molar-refractivity contribution >= 4 is 23.1 Å². The Labute approximate surface area is 124 Å². The van der Waals surface area contributed by atoms with Crippen LogP contribution in [0.25, 0.3) is 0 Å². The lowest BCUT2D eigenvalue weighted by molar-refractivity contribution is -0.385. The Balaban J connectivity index is 2.15. The number of pyridine rings is 1. The highest BCUT2D eigenvalue weighted by molar-refractivity contribution is 6.31. The quantitative estimate of drug-likeness (QED) is 0.676. The highest BCUT2D eigenvalue weighted by atomic mass is 35.5. The summed E-state index contributed by atoms with van der Waals surface area (Å²) in [6, 6.07) is 6.50. The lowest BCUT2D eigenvalue weighted by Crippen LogP contribution is -2.03. The highest BCUT2D eigenvalue weighted by Gasteiger charge is 2.12. The van der Waals surface area contributed by atoms with Crippen molar-refractivity contribution in [1.82, 2.24) is 4.98 Å². The van der Waals surface area contributed by atoms with Crippen LogP contribution in [0.4, 0.5) is 15.9 Å². The Morgan fingerprint density at radius 2 is 2.19 bits per heavy atom. The Hall–Kier alpha value is -2.41. The van der Waals surface area contributed by atoms with Crippen LogP contribution >= 0.6 is 11.6 Å². The van der Waals surface area contributed by atoms with Gasteiger partial charge in [0.1, 0.15) is 12.4 Å². The second-order valence-corrected chi connectivity index (χ2v) is 4.44. The van der Waals surface area contributed by atoms with Crippen LogP contribution in [0.2, 0.25) is 5.02 Å². The van der Waals surface area contributed by atoms with Crippen LogP contribution in [0.1, 0.15) is 5.69 Å². The maximum absolute atomic E-state index is 13.7. The van der Waals surface area contributed by atoms with Crippen molar-refractivity contribution in [2.24, 2.45) is 0 Å². The average Bonchev–Trinajstić information content (AvgIpc) is 2.47. The molecule has 8 heteroatoms. The number of nitro groups is 1. The maximum Gasteiger partial charge on any atom is 0.272 e. The number of halogens is 2. The van der Waals surface area contributed by atoms with Crippen molar-refractivity contribution in [3.8, 4) is 5.75 Å². The lowest BCUT2D eigenvalue weighted by atomic mass is 10.3. The monoisotopic (exact) mass is 311 g/mol. The van der Waals surface area contributed by atoms with E-state index >= 15 is 0 Å². The standard InChI is InChI=1S/C13H11ClFN3O3/c1-16-13-5-3-9(14)11(17-13)7-21-12-4-2-8(18(19)20)6-10(12)15/h2-6H,7H2,1H3,(H,16,17). The number of ether oxygens (including phenoxy) is 1. The normalized spacial score (nSPS) is 10.2. The molecule has 1 aromatic carbocycles. The molecule has 0 unspecified atom stereocenters. The molecule has 21 heavy (non-hydrogen) atoms. The first-order valence-electron chi connectivity index (χ1n) is 5.91. The van der Waals surface area contributed by atoms with E-state index in [0.29, 0.717) is 16.5 Å². The Bertz CT molecular complexity index is 682. The van der Waals surface area contributed by atoms with Crippen molar-refractivity contribution in [3.05, 3.63) is 57.0 Å². The van der Waals surface area contributed by atoms with Gasteiger partial charge < -0.3 is 10.1 Å². The van der Waals surface area contributed by atoms with Crippen LogP contribution in [-0.4, -0.2) is 17.0 Å². The van der Waals surface area contributed by atoms with Crippen LogP contribution < -0.4 is 10.1 Å². The molecule has 0 aliphatic heterocycles. The number of benzene rings is 1. The number of hydrogen-bond donors (Lipinski definition) is 1. The van der Waals surface area contributed by atoms with E-state index in [-0.39, 0.29) is 18.0 Å². The summed E-state index contributed by atoms with van der Waals surface area (Å²) in [6.07, 6.45) is 0. The molecule has 0 bridgehead atoms. The van der Waals surface area contributed by atoms with Crippen LogP contribution in [0, 0.1) is 15.9 Å². The zero-order valence-corrected chi connectivity index (χ0v) is 11.7.